The van der Waals surface area contributed by atoms with Crippen LogP contribution in [0.5, 0.6) is 0 Å². The number of hydrogen-bond acceptors (Lipinski definition) is 5. The van der Waals surface area contributed by atoms with Crippen LogP contribution in [0.2, 0.25) is 0 Å². The second-order valence-electron chi connectivity index (χ2n) is 8.46. The number of fused-ring (bicyclic) bond motifs is 1. The van der Waals surface area contributed by atoms with E-state index < -0.39 is 6.10 Å². The molecule has 32 heavy (non-hydrogen) atoms. The number of rotatable bonds is 5. The first-order valence-electron chi connectivity index (χ1n) is 11.0. The quantitative estimate of drug-likeness (QED) is 0.507. The van der Waals surface area contributed by atoms with Crippen LogP contribution in [0.25, 0.3) is 17.0 Å². The molecule has 1 aliphatic rings. The molecule has 4 aromatic heterocycles. The molecule has 8 heteroatoms. The zero-order chi connectivity index (χ0) is 22.1. The molecule has 8 nitrogen and oxygen atoms in total. The minimum Gasteiger partial charge on any atom is -0.391 e. The second kappa shape index (κ2) is 8.55. The largest absolute Gasteiger partial charge is 0.391 e. The Morgan fingerprint density at radius 1 is 1.12 bits per heavy atom. The highest BCUT2D eigenvalue weighted by Gasteiger charge is 2.26. The Bertz CT molecular complexity index is 1240. The van der Waals surface area contributed by atoms with E-state index in [0.717, 1.165) is 48.2 Å². The van der Waals surface area contributed by atoms with Crippen molar-refractivity contribution >= 4 is 11.6 Å². The normalized spacial score (nSPS) is 18.7. The van der Waals surface area contributed by atoms with Crippen LogP contribution in [0.15, 0.2) is 55.2 Å². The van der Waals surface area contributed by atoms with Crippen molar-refractivity contribution in [3.63, 3.8) is 0 Å². The fraction of sp³-hybridized carbons (Fsp3) is 0.333. The van der Waals surface area contributed by atoms with E-state index in [1.807, 2.05) is 60.5 Å². The molecule has 2 N–H and O–H groups in total. The lowest BCUT2D eigenvalue weighted by Gasteiger charge is -2.28. The smallest absolute Gasteiger partial charge is 0.255 e. The summed E-state index contributed by atoms with van der Waals surface area (Å²) in [5, 5.41) is 17.7. The van der Waals surface area contributed by atoms with Gasteiger partial charge in [-0.1, -0.05) is 18.9 Å². The SMILES string of the molecule is Cn1ccc(-c2ccc(Cc3cc(C(=O)N[C@H]4CCCC[C@@H]4O)c4nccn4c3)cn2)n1. The maximum atomic E-state index is 13.1. The van der Waals surface area contributed by atoms with Gasteiger partial charge in [0, 0.05) is 44.5 Å². The predicted octanol–water partition coefficient (Wildman–Crippen LogP) is 2.75. The summed E-state index contributed by atoms with van der Waals surface area (Å²) in [6, 6.07) is 7.61. The number of nitrogens with one attached hydrogen (secondary N) is 1. The van der Waals surface area contributed by atoms with Crippen LogP contribution in [-0.2, 0) is 13.5 Å². The van der Waals surface area contributed by atoms with Gasteiger partial charge in [0.25, 0.3) is 5.91 Å². The Morgan fingerprint density at radius 2 is 2.00 bits per heavy atom. The molecular formula is C24H26N6O2. The summed E-state index contributed by atoms with van der Waals surface area (Å²) >= 11 is 0. The Kier molecular flexibility index (Phi) is 5.45. The molecule has 0 unspecified atom stereocenters. The Balaban J connectivity index is 1.38. The summed E-state index contributed by atoms with van der Waals surface area (Å²) in [5.74, 6) is -0.197. The lowest BCUT2D eigenvalue weighted by molar-refractivity contribution is 0.0718. The first kappa shape index (κ1) is 20.4. The number of aliphatic hydroxyl groups excluding tert-OH is 1. The molecule has 0 saturated heterocycles. The van der Waals surface area contributed by atoms with Crippen molar-refractivity contribution in [3.8, 4) is 11.4 Å². The van der Waals surface area contributed by atoms with Gasteiger partial charge in [-0.15, -0.1) is 0 Å². The zero-order valence-corrected chi connectivity index (χ0v) is 18.0. The summed E-state index contributed by atoms with van der Waals surface area (Å²) in [7, 11) is 1.88. The van der Waals surface area contributed by atoms with Gasteiger partial charge in [-0.3, -0.25) is 14.5 Å². The van der Waals surface area contributed by atoms with Gasteiger partial charge in [0.05, 0.1) is 23.4 Å². The average molecular weight is 431 g/mol. The van der Waals surface area contributed by atoms with Crippen molar-refractivity contribution in [2.75, 3.05) is 0 Å². The van der Waals surface area contributed by atoms with Gasteiger partial charge < -0.3 is 14.8 Å². The van der Waals surface area contributed by atoms with E-state index in [9.17, 15) is 9.90 Å². The van der Waals surface area contributed by atoms with E-state index in [-0.39, 0.29) is 11.9 Å². The topological polar surface area (TPSA) is 97.3 Å². The number of carbonyl (C=O) groups excluding carboxylic acids is 1. The van der Waals surface area contributed by atoms with E-state index in [0.29, 0.717) is 17.6 Å². The highest BCUT2D eigenvalue weighted by atomic mass is 16.3. The standard InChI is InChI=1S/C24H26N6O2/c1-29-10-8-20(28-29)19-7-6-16(14-26-19)12-17-13-18(23-25-9-11-30(23)15-17)24(32)27-21-4-2-3-5-22(21)31/h6-11,13-15,21-22,31H,2-5,12H2,1H3,(H,27,32)/t21-,22-/m0/s1. The second-order valence-corrected chi connectivity index (χ2v) is 8.46. The van der Waals surface area contributed by atoms with Crippen LogP contribution in [0.4, 0.5) is 0 Å². The number of carbonyl (C=O) groups is 1. The van der Waals surface area contributed by atoms with E-state index in [2.05, 4.69) is 20.4 Å². The minimum atomic E-state index is -0.490. The summed E-state index contributed by atoms with van der Waals surface area (Å²) in [4.78, 5) is 22.0. The predicted molar refractivity (Wildman–Crippen MR) is 120 cm³/mol. The monoisotopic (exact) mass is 430 g/mol. The molecule has 0 spiro atoms. The molecular weight excluding hydrogens is 404 g/mol. The molecule has 5 rings (SSSR count). The van der Waals surface area contributed by atoms with Crippen molar-refractivity contribution < 1.29 is 9.90 Å². The number of nitrogens with zero attached hydrogens (tertiary/aromatic N) is 5. The van der Waals surface area contributed by atoms with Gasteiger partial charge in [0.15, 0.2) is 0 Å². The van der Waals surface area contributed by atoms with Crippen molar-refractivity contribution in [2.24, 2.45) is 7.05 Å². The number of imidazole rings is 1. The lowest BCUT2D eigenvalue weighted by atomic mass is 9.92. The summed E-state index contributed by atoms with van der Waals surface area (Å²) in [6.07, 6.45) is 12.9. The highest BCUT2D eigenvalue weighted by Crippen LogP contribution is 2.21. The Morgan fingerprint density at radius 3 is 2.75 bits per heavy atom. The fourth-order valence-corrected chi connectivity index (χ4v) is 4.35. The number of amides is 1. The first-order valence-corrected chi connectivity index (χ1v) is 11.0. The number of hydrogen-bond donors (Lipinski definition) is 2. The van der Waals surface area contributed by atoms with Crippen molar-refractivity contribution in [3.05, 3.63) is 71.9 Å². The van der Waals surface area contributed by atoms with Gasteiger partial charge in [-0.2, -0.15) is 5.10 Å². The molecule has 0 aromatic carbocycles. The van der Waals surface area contributed by atoms with Crippen LogP contribution in [0, 0.1) is 0 Å². The van der Waals surface area contributed by atoms with E-state index in [4.69, 9.17) is 0 Å². The molecule has 0 bridgehead atoms. The third-order valence-corrected chi connectivity index (χ3v) is 6.04. The van der Waals surface area contributed by atoms with E-state index in [1.165, 1.54) is 0 Å². The Labute approximate surface area is 185 Å². The molecule has 4 aromatic rings. The van der Waals surface area contributed by atoms with E-state index >= 15 is 0 Å². The summed E-state index contributed by atoms with van der Waals surface area (Å²) in [6.45, 7) is 0. The third-order valence-electron chi connectivity index (χ3n) is 6.04. The molecule has 164 valence electrons. The first-order chi connectivity index (χ1) is 15.6. The number of aliphatic hydroxyl groups is 1. The van der Waals surface area contributed by atoms with Gasteiger partial charge >= 0.3 is 0 Å². The van der Waals surface area contributed by atoms with Crippen LogP contribution < -0.4 is 5.32 Å². The summed E-state index contributed by atoms with van der Waals surface area (Å²) in [5.41, 5.74) is 4.81. The van der Waals surface area contributed by atoms with Crippen molar-refractivity contribution in [2.45, 2.75) is 44.2 Å². The fourth-order valence-electron chi connectivity index (χ4n) is 4.35. The van der Waals surface area contributed by atoms with Gasteiger partial charge in [-0.25, -0.2) is 4.98 Å². The zero-order valence-electron chi connectivity index (χ0n) is 18.0. The minimum absolute atomic E-state index is 0.197. The average Bonchev–Trinajstić information content (AvgIpc) is 3.44. The molecule has 4 heterocycles. The van der Waals surface area contributed by atoms with Gasteiger partial charge in [-0.05, 0) is 42.2 Å². The van der Waals surface area contributed by atoms with Crippen molar-refractivity contribution in [1.82, 2.24) is 29.5 Å². The maximum Gasteiger partial charge on any atom is 0.255 e. The number of aryl methyl sites for hydroxylation is 1. The van der Waals surface area contributed by atoms with Gasteiger partial charge in [0.1, 0.15) is 11.3 Å². The van der Waals surface area contributed by atoms with Gasteiger partial charge in [0.2, 0.25) is 0 Å². The van der Waals surface area contributed by atoms with Crippen LogP contribution in [0.3, 0.4) is 0 Å². The molecule has 1 amide bonds. The number of pyridine rings is 2. The molecule has 1 aliphatic carbocycles. The molecule has 1 saturated carbocycles. The Hall–Kier alpha value is -3.52. The molecule has 2 atom stereocenters. The van der Waals surface area contributed by atoms with Crippen LogP contribution in [-0.4, -0.2) is 47.3 Å². The summed E-state index contributed by atoms with van der Waals surface area (Å²) < 4.78 is 3.63. The maximum absolute atomic E-state index is 13.1. The number of aromatic nitrogens is 5. The van der Waals surface area contributed by atoms with Crippen LogP contribution in [0.1, 0.15) is 47.2 Å². The molecule has 0 aliphatic heterocycles. The third kappa shape index (κ3) is 4.13. The molecule has 0 radical (unpaired) electrons. The van der Waals surface area contributed by atoms with Crippen LogP contribution >= 0.6 is 0 Å². The molecule has 1 fully saturated rings. The van der Waals surface area contributed by atoms with E-state index in [1.54, 1.807) is 10.9 Å². The highest BCUT2D eigenvalue weighted by molar-refractivity contribution is 6.00. The lowest BCUT2D eigenvalue weighted by Crippen LogP contribution is -2.45. The van der Waals surface area contributed by atoms with Crippen molar-refractivity contribution in [1.29, 1.82) is 0 Å².